The standard InChI is InChI=1S/C10H9NO2.C2H6O/c11-7-9(5-6-12)8-1-3-10(13)4-2-8;1-3-2/h1-4,6,9,13H,5H2;1-2H3. The fraction of sp³-hybridized carbons (Fsp3) is 0.333. The Morgan fingerprint density at radius 1 is 1.44 bits per heavy atom. The number of carbonyl (C=O) groups is 1. The summed E-state index contributed by atoms with van der Waals surface area (Å²) in [6.45, 7) is 0. The topological polar surface area (TPSA) is 70.3 Å². The van der Waals surface area contributed by atoms with Gasteiger partial charge in [0, 0.05) is 20.6 Å². The Kier molecular flexibility index (Phi) is 7.47. The highest BCUT2D eigenvalue weighted by atomic mass is 16.4. The lowest BCUT2D eigenvalue weighted by Crippen LogP contribution is -1.95. The predicted molar refractivity (Wildman–Crippen MR) is 60.1 cm³/mol. The normalized spacial score (nSPS) is 10.6. The number of aromatic hydroxyl groups is 1. The van der Waals surface area contributed by atoms with Crippen molar-refractivity contribution in [3.05, 3.63) is 29.8 Å². The predicted octanol–water partition coefficient (Wildman–Crippen LogP) is 1.85. The van der Waals surface area contributed by atoms with Crippen molar-refractivity contribution in [2.45, 2.75) is 12.3 Å². The summed E-state index contributed by atoms with van der Waals surface area (Å²) in [7, 11) is 3.25. The second kappa shape index (κ2) is 8.45. The molecule has 0 aliphatic carbocycles. The Hall–Kier alpha value is -1.86. The van der Waals surface area contributed by atoms with Gasteiger partial charge in [0.05, 0.1) is 12.0 Å². The van der Waals surface area contributed by atoms with Crippen molar-refractivity contribution in [1.82, 2.24) is 0 Å². The minimum absolute atomic E-state index is 0.159. The number of phenolic OH excluding ortho intramolecular Hbond substituents is 1. The first-order valence-electron chi connectivity index (χ1n) is 4.71. The second-order valence-corrected chi connectivity index (χ2v) is 3.08. The minimum atomic E-state index is -0.405. The Bertz CT molecular complexity index is 340. The molecule has 0 amide bonds. The third kappa shape index (κ3) is 5.13. The van der Waals surface area contributed by atoms with Crippen LogP contribution in [0.25, 0.3) is 0 Å². The van der Waals surface area contributed by atoms with E-state index < -0.39 is 5.92 Å². The lowest BCUT2D eigenvalue weighted by molar-refractivity contribution is -0.107. The van der Waals surface area contributed by atoms with E-state index in [1.165, 1.54) is 12.1 Å². The molecule has 4 nitrogen and oxygen atoms in total. The van der Waals surface area contributed by atoms with E-state index >= 15 is 0 Å². The number of carbonyl (C=O) groups excluding carboxylic acids is 1. The van der Waals surface area contributed by atoms with Gasteiger partial charge in [0.2, 0.25) is 0 Å². The summed E-state index contributed by atoms with van der Waals surface area (Å²) >= 11 is 0. The van der Waals surface area contributed by atoms with Crippen molar-refractivity contribution in [1.29, 1.82) is 5.26 Å². The van der Waals surface area contributed by atoms with Gasteiger partial charge in [0.25, 0.3) is 0 Å². The monoisotopic (exact) mass is 221 g/mol. The van der Waals surface area contributed by atoms with Gasteiger partial charge < -0.3 is 14.6 Å². The number of benzene rings is 1. The molecule has 0 saturated heterocycles. The zero-order valence-electron chi connectivity index (χ0n) is 9.38. The van der Waals surface area contributed by atoms with Crippen molar-refractivity contribution in [3.8, 4) is 11.8 Å². The summed E-state index contributed by atoms with van der Waals surface area (Å²) in [5, 5.41) is 17.7. The Labute approximate surface area is 95.1 Å². The van der Waals surface area contributed by atoms with Gasteiger partial charge in [-0.05, 0) is 17.7 Å². The number of phenols is 1. The van der Waals surface area contributed by atoms with Crippen molar-refractivity contribution in [2.24, 2.45) is 0 Å². The van der Waals surface area contributed by atoms with Crippen molar-refractivity contribution >= 4 is 6.29 Å². The van der Waals surface area contributed by atoms with Crippen LogP contribution in [-0.2, 0) is 9.53 Å². The maximum atomic E-state index is 10.2. The minimum Gasteiger partial charge on any atom is -0.508 e. The van der Waals surface area contributed by atoms with E-state index in [1.807, 2.05) is 6.07 Å². The van der Waals surface area contributed by atoms with Crippen LogP contribution >= 0.6 is 0 Å². The molecule has 0 aliphatic rings. The summed E-state index contributed by atoms with van der Waals surface area (Å²) in [4.78, 5) is 10.2. The number of rotatable bonds is 3. The SMILES string of the molecule is COC.N#CC(CC=O)c1ccc(O)cc1. The Balaban J connectivity index is 0.000000673. The van der Waals surface area contributed by atoms with Crippen molar-refractivity contribution < 1.29 is 14.6 Å². The van der Waals surface area contributed by atoms with Gasteiger partial charge in [-0.1, -0.05) is 12.1 Å². The fourth-order valence-corrected chi connectivity index (χ4v) is 1.07. The maximum Gasteiger partial charge on any atom is 0.121 e. The average Bonchev–Trinajstić information content (AvgIpc) is 2.28. The molecule has 1 N–H and O–H groups in total. The third-order valence-corrected chi connectivity index (χ3v) is 1.78. The van der Waals surface area contributed by atoms with Crippen LogP contribution in [-0.4, -0.2) is 25.6 Å². The van der Waals surface area contributed by atoms with Crippen LogP contribution in [0, 0.1) is 11.3 Å². The van der Waals surface area contributed by atoms with Crippen molar-refractivity contribution in [3.63, 3.8) is 0 Å². The molecule has 0 saturated carbocycles. The van der Waals surface area contributed by atoms with Crippen LogP contribution in [0.4, 0.5) is 0 Å². The van der Waals surface area contributed by atoms with Crippen LogP contribution < -0.4 is 0 Å². The molecule has 0 spiro atoms. The van der Waals surface area contributed by atoms with Crippen LogP contribution in [0.5, 0.6) is 5.75 Å². The highest BCUT2D eigenvalue weighted by Gasteiger charge is 2.08. The first-order chi connectivity index (χ1) is 7.69. The number of ether oxygens (including phenoxy) is 1. The van der Waals surface area contributed by atoms with E-state index in [1.54, 1.807) is 26.4 Å². The fourth-order valence-electron chi connectivity index (χ4n) is 1.07. The highest BCUT2D eigenvalue weighted by molar-refractivity contribution is 5.53. The van der Waals surface area contributed by atoms with Gasteiger partial charge in [-0.3, -0.25) is 0 Å². The third-order valence-electron chi connectivity index (χ3n) is 1.78. The Morgan fingerprint density at radius 3 is 2.31 bits per heavy atom. The second-order valence-electron chi connectivity index (χ2n) is 3.08. The molecule has 16 heavy (non-hydrogen) atoms. The maximum absolute atomic E-state index is 10.2. The molecule has 0 aliphatic heterocycles. The molecule has 1 rings (SSSR count). The molecule has 1 unspecified atom stereocenters. The number of hydrogen-bond acceptors (Lipinski definition) is 4. The van der Waals surface area contributed by atoms with E-state index in [2.05, 4.69) is 4.74 Å². The molecule has 1 aromatic rings. The molecule has 0 heterocycles. The summed E-state index contributed by atoms with van der Waals surface area (Å²) in [5.41, 5.74) is 0.757. The quantitative estimate of drug-likeness (QED) is 0.791. The highest BCUT2D eigenvalue weighted by Crippen LogP contribution is 2.19. The summed E-state index contributed by atoms with van der Waals surface area (Å²) < 4.78 is 4.25. The summed E-state index contributed by atoms with van der Waals surface area (Å²) in [5.74, 6) is -0.246. The van der Waals surface area contributed by atoms with Gasteiger partial charge >= 0.3 is 0 Å². The van der Waals surface area contributed by atoms with Crippen LogP contribution in [0.1, 0.15) is 17.9 Å². The molecule has 86 valence electrons. The van der Waals surface area contributed by atoms with Gasteiger partial charge in [0.1, 0.15) is 12.0 Å². The van der Waals surface area contributed by atoms with Crippen LogP contribution in [0.2, 0.25) is 0 Å². The van der Waals surface area contributed by atoms with Crippen LogP contribution in [0.15, 0.2) is 24.3 Å². The summed E-state index contributed by atoms with van der Waals surface area (Å²) in [6.07, 6.45) is 0.919. The first-order valence-corrected chi connectivity index (χ1v) is 4.71. The number of aldehydes is 1. The van der Waals surface area contributed by atoms with E-state index in [9.17, 15) is 4.79 Å². The molecule has 1 atom stereocenters. The lowest BCUT2D eigenvalue weighted by atomic mass is 9.98. The molecule has 1 aromatic carbocycles. The van der Waals surface area contributed by atoms with E-state index in [0.717, 1.165) is 11.8 Å². The molecule has 4 heteroatoms. The van der Waals surface area contributed by atoms with E-state index in [0.29, 0.717) is 0 Å². The zero-order valence-corrected chi connectivity index (χ0v) is 9.38. The van der Waals surface area contributed by atoms with Crippen LogP contribution in [0.3, 0.4) is 0 Å². The molecular weight excluding hydrogens is 206 g/mol. The molecule has 0 bridgehead atoms. The zero-order chi connectivity index (χ0) is 12.4. The summed E-state index contributed by atoms with van der Waals surface area (Å²) in [6, 6.07) is 8.33. The molecule has 0 aromatic heterocycles. The smallest absolute Gasteiger partial charge is 0.121 e. The number of methoxy groups -OCH3 is 1. The number of nitrogens with zero attached hydrogens (tertiary/aromatic N) is 1. The largest absolute Gasteiger partial charge is 0.508 e. The van der Waals surface area contributed by atoms with Gasteiger partial charge in [-0.2, -0.15) is 5.26 Å². The van der Waals surface area contributed by atoms with E-state index in [4.69, 9.17) is 10.4 Å². The van der Waals surface area contributed by atoms with Crippen molar-refractivity contribution in [2.75, 3.05) is 14.2 Å². The number of hydrogen-bond donors (Lipinski definition) is 1. The number of nitriles is 1. The average molecular weight is 221 g/mol. The van der Waals surface area contributed by atoms with Gasteiger partial charge in [-0.15, -0.1) is 0 Å². The molecular formula is C12H15NO3. The molecule has 0 radical (unpaired) electrons. The van der Waals surface area contributed by atoms with Gasteiger partial charge in [0.15, 0.2) is 0 Å². The van der Waals surface area contributed by atoms with Gasteiger partial charge in [-0.25, -0.2) is 0 Å². The van der Waals surface area contributed by atoms with E-state index in [-0.39, 0.29) is 12.2 Å². The first kappa shape index (κ1) is 14.1. The molecule has 0 fully saturated rings. The lowest BCUT2D eigenvalue weighted by Gasteiger charge is -2.04. The Morgan fingerprint density at radius 2 is 1.94 bits per heavy atom.